The van der Waals surface area contributed by atoms with Crippen molar-refractivity contribution in [1.82, 2.24) is 39.6 Å². The summed E-state index contributed by atoms with van der Waals surface area (Å²) in [4.78, 5) is 0. The summed E-state index contributed by atoms with van der Waals surface area (Å²) in [5.41, 5.74) is -1.79. The molecule has 4 aromatic heterocycles. The van der Waals surface area contributed by atoms with Crippen molar-refractivity contribution in [3.05, 3.63) is 96.5 Å². The zero-order chi connectivity index (χ0) is 40.4. The zero-order valence-corrected chi connectivity index (χ0v) is 27.1. The number of rotatable bonds is 4. The maximum Gasteiger partial charge on any atom is 0.573 e. The maximum absolute atomic E-state index is 14.2. The lowest BCUT2D eigenvalue weighted by Crippen LogP contribution is -2.33. The maximum atomic E-state index is 14.2. The van der Waals surface area contributed by atoms with Crippen molar-refractivity contribution in [1.29, 1.82) is 0 Å². The number of fused-ring (bicyclic) bond motifs is 2. The second kappa shape index (κ2) is 17.5. The van der Waals surface area contributed by atoms with Crippen molar-refractivity contribution < 1.29 is 81.0 Å². The number of nitrogens with zero attached hydrogens (tertiary/aromatic N) is 8. The molecule has 0 radical (unpaired) electrons. The van der Waals surface area contributed by atoms with E-state index < -0.39 is 78.0 Å². The molecule has 0 aliphatic carbocycles. The highest BCUT2D eigenvalue weighted by Gasteiger charge is 2.39. The van der Waals surface area contributed by atoms with Gasteiger partial charge in [-0.1, -0.05) is 37.2 Å². The van der Waals surface area contributed by atoms with Gasteiger partial charge in [-0.05, 0) is 42.5 Å². The van der Waals surface area contributed by atoms with Crippen LogP contribution in [0.5, 0.6) is 11.5 Å². The van der Waals surface area contributed by atoms with Gasteiger partial charge in [-0.25, -0.2) is 8.78 Å². The fraction of sp³-hybridized carbons (Fsp3) is 0.179. The Labute approximate surface area is 308 Å². The predicted molar refractivity (Wildman–Crippen MR) is 165 cm³/mol. The molecule has 0 unspecified atom stereocenters. The first-order valence-electron chi connectivity index (χ1n) is 13.6. The van der Waals surface area contributed by atoms with Gasteiger partial charge in [0.25, 0.3) is 11.6 Å². The summed E-state index contributed by atoms with van der Waals surface area (Å²) < 4.78 is 182. The molecule has 12 nitrogen and oxygen atoms in total. The van der Waals surface area contributed by atoms with E-state index in [1.165, 1.54) is 12.1 Å². The lowest BCUT2D eigenvalue weighted by atomic mass is 9.80. The van der Waals surface area contributed by atoms with Crippen LogP contribution in [0.2, 0.25) is 5.15 Å². The average Bonchev–Trinajstić information content (AvgIpc) is 3.66. The number of hydrogen-bond donors (Lipinski definition) is 2. The van der Waals surface area contributed by atoms with Gasteiger partial charge < -0.3 is 26.9 Å². The number of aromatic nitrogens is 8. The van der Waals surface area contributed by atoms with Gasteiger partial charge in [0.05, 0.1) is 5.69 Å². The van der Waals surface area contributed by atoms with E-state index in [4.69, 9.17) is 21.6 Å². The van der Waals surface area contributed by atoms with E-state index in [2.05, 4.69) is 40.1 Å². The quantitative estimate of drug-likeness (QED) is 0.107. The van der Waals surface area contributed by atoms with E-state index in [1.807, 2.05) is 0 Å². The van der Waals surface area contributed by atoms with Crippen LogP contribution in [0.4, 0.5) is 61.5 Å². The van der Waals surface area contributed by atoms with Gasteiger partial charge in [0.2, 0.25) is 0 Å². The summed E-state index contributed by atoms with van der Waals surface area (Å²) in [5, 5.41) is 36.7. The molecule has 0 spiro atoms. The molecule has 4 heterocycles. The monoisotopic (exact) mass is 843 g/mol. The third kappa shape index (κ3) is 11.7. The third-order valence-electron chi connectivity index (χ3n) is 5.96. The Morgan fingerprint density at radius 3 is 1.50 bits per heavy atom. The van der Waals surface area contributed by atoms with Crippen LogP contribution in [-0.2, 0) is 12.4 Å². The summed E-state index contributed by atoms with van der Waals surface area (Å²) in [6.45, 7) is 0. The van der Waals surface area contributed by atoms with Crippen LogP contribution < -0.4 is 14.9 Å². The van der Waals surface area contributed by atoms with Crippen molar-refractivity contribution >= 4 is 35.5 Å². The number of alkyl halides is 12. The van der Waals surface area contributed by atoms with Crippen LogP contribution in [0, 0.1) is 19.1 Å². The number of hydrogen-bond acceptors (Lipinski definition) is 10. The smallest absolute Gasteiger partial charge is 0.423 e. The van der Waals surface area contributed by atoms with Crippen LogP contribution in [-0.4, -0.2) is 69.5 Å². The first-order valence-corrected chi connectivity index (χ1v) is 13.9. The second-order valence-electron chi connectivity index (χ2n) is 9.70. The van der Waals surface area contributed by atoms with Crippen LogP contribution in [0.3, 0.4) is 0 Å². The molecule has 2 aromatic carbocycles. The summed E-state index contributed by atoms with van der Waals surface area (Å²) in [7, 11) is -2.19. The van der Waals surface area contributed by atoms with Gasteiger partial charge in [-0.15, -0.1) is 46.7 Å². The van der Waals surface area contributed by atoms with E-state index in [-0.39, 0.29) is 37.0 Å². The summed E-state index contributed by atoms with van der Waals surface area (Å²) in [5.74, 6) is -7.75. The molecule has 0 saturated heterocycles. The lowest BCUT2D eigenvalue weighted by Gasteiger charge is -2.12. The molecule has 0 fully saturated rings. The Morgan fingerprint density at radius 2 is 1.04 bits per heavy atom. The minimum Gasteiger partial charge on any atom is -0.423 e. The number of halogens is 15. The molecular weight excluding hydrogens is 825 g/mol. The normalized spacial score (nSPS) is 11.7. The molecule has 56 heavy (non-hydrogen) atoms. The Hall–Kier alpha value is -5.57. The van der Waals surface area contributed by atoms with E-state index in [0.29, 0.717) is 9.03 Å². The number of ether oxygens (including phenoxy) is 2. The van der Waals surface area contributed by atoms with Crippen LogP contribution in [0.15, 0.2) is 60.7 Å². The molecule has 28 heteroatoms. The minimum absolute atomic E-state index is 0. The van der Waals surface area contributed by atoms with Crippen LogP contribution in [0.25, 0.3) is 22.6 Å². The van der Waals surface area contributed by atoms with Crippen molar-refractivity contribution in [2.24, 2.45) is 0 Å². The second-order valence-corrected chi connectivity index (χ2v) is 10.1. The zero-order valence-electron chi connectivity index (χ0n) is 26.3. The van der Waals surface area contributed by atoms with Gasteiger partial charge in [0, 0.05) is 11.0 Å². The van der Waals surface area contributed by atoms with Gasteiger partial charge in [0.15, 0.2) is 34.4 Å². The van der Waals surface area contributed by atoms with Crippen molar-refractivity contribution in [3.63, 3.8) is 0 Å². The van der Waals surface area contributed by atoms with Gasteiger partial charge in [-0.2, -0.15) is 45.6 Å². The molecule has 304 valence electrons. The van der Waals surface area contributed by atoms with Gasteiger partial charge in [-0.3, -0.25) is 0 Å². The minimum atomic E-state index is -5.13. The molecular formula is C28H19BClF14N8O4-. The number of benzene rings is 2. The van der Waals surface area contributed by atoms with E-state index in [1.54, 1.807) is 0 Å². The molecule has 2 N–H and O–H groups in total. The topological polar surface area (TPSA) is 145 Å². The predicted octanol–water partition coefficient (Wildman–Crippen LogP) is 7.13. The highest BCUT2D eigenvalue weighted by Crippen LogP contribution is 2.33. The lowest BCUT2D eigenvalue weighted by molar-refractivity contribution is -0.276. The fourth-order valence-corrected chi connectivity index (χ4v) is 4.03. The molecule has 6 aromatic rings. The van der Waals surface area contributed by atoms with Gasteiger partial charge >= 0.3 is 32.2 Å². The average molecular weight is 844 g/mol. The molecule has 0 atom stereocenters. The molecule has 0 amide bonds. The van der Waals surface area contributed by atoms with Gasteiger partial charge in [0.1, 0.15) is 5.15 Å². The largest absolute Gasteiger partial charge is 0.573 e. The Morgan fingerprint density at radius 1 is 0.589 bits per heavy atom. The molecule has 0 bridgehead atoms. The van der Waals surface area contributed by atoms with Crippen molar-refractivity contribution in [3.8, 4) is 22.8 Å². The molecule has 0 saturated carbocycles. The van der Waals surface area contributed by atoms with Crippen molar-refractivity contribution in [2.75, 3.05) is 0 Å². The molecule has 6 rings (SSSR count). The first-order chi connectivity index (χ1) is 24.9. The van der Waals surface area contributed by atoms with E-state index in [9.17, 15) is 61.5 Å². The highest BCUT2D eigenvalue weighted by atomic mass is 35.5. The summed E-state index contributed by atoms with van der Waals surface area (Å²) in [6, 6.07) is 10.3. The summed E-state index contributed by atoms with van der Waals surface area (Å²) >= 11 is 5.44. The van der Waals surface area contributed by atoms with E-state index in [0.717, 1.165) is 48.5 Å². The Balaban J connectivity index is 0.000000303. The summed E-state index contributed by atoms with van der Waals surface area (Å²) in [6.07, 6.45) is -19.6. The third-order valence-corrected chi connectivity index (χ3v) is 6.16. The fourth-order valence-electron chi connectivity index (χ4n) is 3.90. The molecule has 0 aliphatic rings. The Kier molecular flexibility index (Phi) is 14.5. The first kappa shape index (κ1) is 46.6. The van der Waals surface area contributed by atoms with Crippen LogP contribution >= 0.6 is 11.6 Å². The molecule has 0 aliphatic heterocycles. The SMILES string of the molecule is C.FC(F)(F)c1nnc2ccc(Cl)nn12.Fc1c(OC(F)(F)F)cccc1-c1ccc2nnc(C(F)(F)F)n2n1.OB(O)c1cccc(OC(F)(F)F)c1F.[CH3-]. The standard InChI is InChI=1S/C13H5F7N4O.C7H5BF4O3.C6H2ClF3N4.CH4.CH3/c14-10-6(2-1-3-8(10)25-13(18,19)20)7-4-5-9-21-22-11(12(15,16)17)24(9)23-7;9-6-4(8(13)14)2-1-3-5(6)15-7(10,11)12;7-3-1-2-4-11-12-5(6(8,9)10)14(4)13-3;;/h1-5H;1-3,13-14H;1-2H;1H4;1H3/q;;;;-1. The Bertz CT molecular complexity index is 2250. The van der Waals surface area contributed by atoms with Crippen molar-refractivity contribution in [2.45, 2.75) is 32.5 Å². The van der Waals surface area contributed by atoms with E-state index >= 15 is 0 Å². The van der Waals surface area contributed by atoms with Crippen LogP contribution in [0.1, 0.15) is 19.1 Å². The highest BCUT2D eigenvalue weighted by molar-refractivity contribution is 6.58.